The molecule has 0 saturated heterocycles. The highest BCUT2D eigenvalue weighted by molar-refractivity contribution is 14.0. The molecule has 0 radical (unpaired) electrons. The van der Waals surface area contributed by atoms with Gasteiger partial charge in [-0.25, -0.2) is 0 Å². The van der Waals surface area contributed by atoms with Gasteiger partial charge in [-0.2, -0.15) is 0 Å². The van der Waals surface area contributed by atoms with Crippen LogP contribution in [0.25, 0.3) is 0 Å². The molecule has 1 aromatic carbocycles. The first-order valence-electron chi connectivity index (χ1n) is 6.74. The topological polar surface area (TPSA) is 64.1 Å². The lowest BCUT2D eigenvalue weighted by atomic mass is 10.2. The van der Waals surface area contributed by atoms with Gasteiger partial charge in [0.05, 0.1) is 6.61 Å². The standard InChI is InChI=1S/C14H21N3O3.HI/c1-3-18-7-6-16-14(15-2)17-9-11-4-5-12-13(8-11)20-10-19-12;/h4-5,8H,3,6-7,9-10H2,1-2H3,(H2,15,16,17);1H. The Morgan fingerprint density at radius 2 is 2.10 bits per heavy atom. The van der Waals surface area contributed by atoms with Crippen LogP contribution in [0, 0.1) is 0 Å². The molecule has 0 amide bonds. The van der Waals surface area contributed by atoms with Gasteiger partial charge < -0.3 is 24.8 Å². The number of hydrogen-bond donors (Lipinski definition) is 2. The number of nitrogens with one attached hydrogen (secondary N) is 2. The highest BCUT2D eigenvalue weighted by atomic mass is 127. The summed E-state index contributed by atoms with van der Waals surface area (Å²) in [4.78, 5) is 4.16. The van der Waals surface area contributed by atoms with E-state index in [9.17, 15) is 0 Å². The van der Waals surface area contributed by atoms with Crippen LogP contribution in [0.2, 0.25) is 0 Å². The lowest BCUT2D eigenvalue weighted by Crippen LogP contribution is -2.38. The molecule has 1 aliphatic heterocycles. The van der Waals surface area contributed by atoms with Crippen LogP contribution in [0.15, 0.2) is 23.2 Å². The van der Waals surface area contributed by atoms with Gasteiger partial charge in [0.15, 0.2) is 17.5 Å². The molecule has 1 heterocycles. The molecular weight excluding hydrogens is 385 g/mol. The van der Waals surface area contributed by atoms with Crippen molar-refractivity contribution in [1.29, 1.82) is 0 Å². The SMILES string of the molecule is CCOCCNC(=NC)NCc1ccc2c(c1)OCO2.I. The molecule has 2 N–H and O–H groups in total. The Kier molecular flexibility index (Phi) is 8.21. The summed E-state index contributed by atoms with van der Waals surface area (Å²) in [6.07, 6.45) is 0. The molecule has 0 aromatic heterocycles. The van der Waals surface area contributed by atoms with Gasteiger partial charge in [0, 0.05) is 26.7 Å². The van der Waals surface area contributed by atoms with Crippen molar-refractivity contribution in [2.45, 2.75) is 13.5 Å². The normalized spacial score (nSPS) is 12.8. The number of hydrogen-bond acceptors (Lipinski definition) is 4. The first kappa shape index (κ1) is 17.8. The zero-order chi connectivity index (χ0) is 14.2. The van der Waals surface area contributed by atoms with Crippen LogP contribution in [0.3, 0.4) is 0 Å². The molecule has 0 saturated carbocycles. The molecular formula is C14H22IN3O3. The van der Waals surface area contributed by atoms with Gasteiger partial charge in [-0.05, 0) is 24.6 Å². The third-order valence-corrected chi connectivity index (χ3v) is 2.86. The van der Waals surface area contributed by atoms with Gasteiger partial charge in [-0.1, -0.05) is 6.07 Å². The zero-order valence-corrected chi connectivity index (χ0v) is 14.7. The van der Waals surface area contributed by atoms with Crippen molar-refractivity contribution in [2.24, 2.45) is 4.99 Å². The van der Waals surface area contributed by atoms with Crippen LogP contribution in [0.1, 0.15) is 12.5 Å². The van der Waals surface area contributed by atoms with E-state index in [-0.39, 0.29) is 24.0 Å². The van der Waals surface area contributed by atoms with Crippen molar-refractivity contribution in [3.63, 3.8) is 0 Å². The van der Waals surface area contributed by atoms with Crippen molar-refractivity contribution in [3.8, 4) is 11.5 Å². The van der Waals surface area contributed by atoms with Gasteiger partial charge in [0.2, 0.25) is 6.79 Å². The van der Waals surface area contributed by atoms with Crippen molar-refractivity contribution < 1.29 is 14.2 Å². The zero-order valence-electron chi connectivity index (χ0n) is 12.3. The van der Waals surface area contributed by atoms with Crippen molar-refractivity contribution in [2.75, 3.05) is 33.6 Å². The molecule has 0 bridgehead atoms. The minimum Gasteiger partial charge on any atom is -0.454 e. The average molecular weight is 407 g/mol. The Bertz CT molecular complexity index is 469. The highest BCUT2D eigenvalue weighted by Gasteiger charge is 2.13. The van der Waals surface area contributed by atoms with E-state index in [2.05, 4.69) is 15.6 Å². The van der Waals surface area contributed by atoms with E-state index < -0.39 is 0 Å². The third-order valence-electron chi connectivity index (χ3n) is 2.86. The Morgan fingerprint density at radius 1 is 1.29 bits per heavy atom. The van der Waals surface area contributed by atoms with E-state index in [4.69, 9.17) is 14.2 Å². The van der Waals surface area contributed by atoms with Crippen molar-refractivity contribution in [3.05, 3.63) is 23.8 Å². The van der Waals surface area contributed by atoms with Crippen molar-refractivity contribution >= 4 is 29.9 Å². The maximum atomic E-state index is 5.35. The maximum absolute atomic E-state index is 5.35. The second kappa shape index (κ2) is 9.67. The maximum Gasteiger partial charge on any atom is 0.231 e. The van der Waals surface area contributed by atoms with E-state index >= 15 is 0 Å². The molecule has 0 spiro atoms. The van der Waals surface area contributed by atoms with E-state index in [1.54, 1.807) is 7.05 Å². The van der Waals surface area contributed by atoms with E-state index in [1.165, 1.54) is 0 Å². The molecule has 6 nitrogen and oxygen atoms in total. The highest BCUT2D eigenvalue weighted by Crippen LogP contribution is 2.32. The van der Waals surface area contributed by atoms with Gasteiger partial charge in [-0.3, -0.25) is 4.99 Å². The number of fused-ring (bicyclic) bond motifs is 1. The number of nitrogens with zero attached hydrogens (tertiary/aromatic N) is 1. The summed E-state index contributed by atoms with van der Waals surface area (Å²) in [7, 11) is 1.75. The largest absolute Gasteiger partial charge is 0.454 e. The fourth-order valence-corrected chi connectivity index (χ4v) is 1.84. The van der Waals surface area contributed by atoms with Crippen LogP contribution < -0.4 is 20.1 Å². The summed E-state index contributed by atoms with van der Waals surface area (Å²) in [5.41, 5.74) is 1.11. The lowest BCUT2D eigenvalue weighted by Gasteiger charge is -2.12. The fraction of sp³-hybridized carbons (Fsp3) is 0.500. The Balaban J connectivity index is 0.00000220. The molecule has 2 rings (SSSR count). The Labute approximate surface area is 142 Å². The second-order valence-electron chi connectivity index (χ2n) is 4.24. The number of rotatable bonds is 6. The molecule has 0 atom stereocenters. The van der Waals surface area contributed by atoms with Crippen LogP contribution in [0.4, 0.5) is 0 Å². The number of benzene rings is 1. The lowest BCUT2D eigenvalue weighted by molar-refractivity contribution is 0.152. The summed E-state index contributed by atoms with van der Waals surface area (Å²) in [5.74, 6) is 2.35. The molecule has 0 aliphatic carbocycles. The van der Waals surface area contributed by atoms with E-state index in [0.29, 0.717) is 19.9 Å². The van der Waals surface area contributed by atoms with Gasteiger partial charge in [-0.15, -0.1) is 24.0 Å². The van der Waals surface area contributed by atoms with E-state index in [1.807, 2.05) is 25.1 Å². The quantitative estimate of drug-likeness (QED) is 0.326. The van der Waals surface area contributed by atoms with Crippen molar-refractivity contribution in [1.82, 2.24) is 10.6 Å². The molecule has 118 valence electrons. The second-order valence-corrected chi connectivity index (χ2v) is 4.24. The molecule has 1 aliphatic rings. The average Bonchev–Trinajstić information content (AvgIpc) is 2.94. The predicted octanol–water partition coefficient (Wildman–Crippen LogP) is 1.73. The molecule has 0 unspecified atom stereocenters. The minimum atomic E-state index is 0. The minimum absolute atomic E-state index is 0. The molecule has 7 heteroatoms. The fourth-order valence-electron chi connectivity index (χ4n) is 1.84. The smallest absolute Gasteiger partial charge is 0.231 e. The van der Waals surface area contributed by atoms with Crippen LogP contribution in [0.5, 0.6) is 11.5 Å². The molecule has 1 aromatic rings. The molecule has 0 fully saturated rings. The third kappa shape index (κ3) is 5.58. The van der Waals surface area contributed by atoms with Gasteiger partial charge in [0.1, 0.15) is 0 Å². The number of aliphatic imine (C=N–C) groups is 1. The predicted molar refractivity (Wildman–Crippen MR) is 92.7 cm³/mol. The summed E-state index contributed by atoms with van der Waals surface area (Å²) in [6.45, 7) is 5.07. The number of ether oxygens (including phenoxy) is 3. The first-order chi connectivity index (χ1) is 9.83. The number of halogens is 1. The van der Waals surface area contributed by atoms with Crippen LogP contribution in [-0.4, -0.2) is 39.6 Å². The van der Waals surface area contributed by atoms with Gasteiger partial charge in [0.25, 0.3) is 0 Å². The Morgan fingerprint density at radius 3 is 2.86 bits per heavy atom. The monoisotopic (exact) mass is 407 g/mol. The summed E-state index contributed by atoms with van der Waals surface area (Å²) < 4.78 is 15.9. The first-order valence-corrected chi connectivity index (χ1v) is 6.74. The van der Waals surface area contributed by atoms with Crippen LogP contribution >= 0.6 is 24.0 Å². The van der Waals surface area contributed by atoms with E-state index in [0.717, 1.165) is 36.2 Å². The summed E-state index contributed by atoms with van der Waals surface area (Å²) >= 11 is 0. The van der Waals surface area contributed by atoms with Crippen LogP contribution in [-0.2, 0) is 11.3 Å². The molecule has 21 heavy (non-hydrogen) atoms. The Hall–Kier alpha value is -1.22. The number of guanidine groups is 1. The summed E-state index contributed by atoms with van der Waals surface area (Å²) in [6, 6.07) is 5.90. The summed E-state index contributed by atoms with van der Waals surface area (Å²) in [5, 5.41) is 6.43. The van der Waals surface area contributed by atoms with Gasteiger partial charge >= 0.3 is 0 Å².